The van der Waals surface area contributed by atoms with E-state index in [1.54, 1.807) is 11.4 Å². The van der Waals surface area contributed by atoms with Crippen LogP contribution in [0.2, 0.25) is 0 Å². The molecule has 14 heavy (non-hydrogen) atoms. The number of rotatable bonds is 2. The monoisotopic (exact) mass is 207 g/mol. The number of thiophene rings is 1. The molecule has 0 saturated heterocycles. The van der Waals surface area contributed by atoms with Crippen molar-refractivity contribution < 1.29 is 9.72 Å². The number of nitro benzene ring substituents is 1. The molecule has 0 fully saturated rings. The van der Waals surface area contributed by atoms with E-state index in [1.807, 2.05) is 0 Å². The number of nitro groups is 1. The lowest BCUT2D eigenvalue weighted by Gasteiger charge is -1.91. The van der Waals surface area contributed by atoms with Gasteiger partial charge in [0.05, 0.1) is 4.92 Å². The number of hydrogen-bond acceptors (Lipinski definition) is 4. The molecule has 0 saturated carbocycles. The Labute approximate surface area is 82.9 Å². The van der Waals surface area contributed by atoms with E-state index in [0.29, 0.717) is 17.2 Å². The van der Waals surface area contributed by atoms with E-state index in [2.05, 4.69) is 0 Å². The fourth-order valence-electron chi connectivity index (χ4n) is 1.24. The van der Waals surface area contributed by atoms with Gasteiger partial charge in [-0.15, -0.1) is 11.3 Å². The molecule has 2 aromatic rings. The zero-order chi connectivity index (χ0) is 10.1. The number of non-ortho nitro benzene ring substituents is 1. The van der Waals surface area contributed by atoms with Gasteiger partial charge < -0.3 is 0 Å². The summed E-state index contributed by atoms with van der Waals surface area (Å²) in [5.41, 5.74) is 0.521. The topological polar surface area (TPSA) is 60.2 Å². The molecule has 0 N–H and O–H groups in total. The number of benzene rings is 1. The minimum Gasteiger partial charge on any atom is -0.298 e. The molecule has 1 aromatic carbocycles. The predicted molar refractivity (Wildman–Crippen MR) is 53.9 cm³/mol. The Morgan fingerprint density at radius 3 is 2.86 bits per heavy atom. The minimum absolute atomic E-state index is 0.0130. The molecular weight excluding hydrogens is 202 g/mol. The highest BCUT2D eigenvalue weighted by molar-refractivity contribution is 7.17. The van der Waals surface area contributed by atoms with Gasteiger partial charge in [-0.2, -0.15) is 0 Å². The molecule has 0 radical (unpaired) electrons. The molecule has 0 unspecified atom stereocenters. The number of carbonyl (C=O) groups is 1. The van der Waals surface area contributed by atoms with E-state index >= 15 is 0 Å². The number of hydrogen-bond donors (Lipinski definition) is 0. The highest BCUT2D eigenvalue weighted by Crippen LogP contribution is 2.28. The van der Waals surface area contributed by atoms with E-state index in [9.17, 15) is 14.9 Å². The average molecular weight is 207 g/mol. The molecule has 4 nitrogen and oxygen atoms in total. The third-order valence-electron chi connectivity index (χ3n) is 1.92. The largest absolute Gasteiger partial charge is 0.298 e. The number of nitrogens with zero attached hydrogens (tertiary/aromatic N) is 1. The van der Waals surface area contributed by atoms with Gasteiger partial charge in [-0.3, -0.25) is 14.9 Å². The fraction of sp³-hybridized carbons (Fsp3) is 0. The highest BCUT2D eigenvalue weighted by Gasteiger charge is 2.09. The van der Waals surface area contributed by atoms with Gasteiger partial charge in [-0.25, -0.2) is 0 Å². The quantitative estimate of drug-likeness (QED) is 0.432. The van der Waals surface area contributed by atoms with Crippen LogP contribution in [0.5, 0.6) is 0 Å². The summed E-state index contributed by atoms with van der Waals surface area (Å²) in [4.78, 5) is 20.6. The van der Waals surface area contributed by atoms with E-state index < -0.39 is 4.92 Å². The maximum absolute atomic E-state index is 10.6. The van der Waals surface area contributed by atoms with Gasteiger partial charge in [0.15, 0.2) is 6.29 Å². The third-order valence-corrected chi connectivity index (χ3v) is 2.91. The van der Waals surface area contributed by atoms with Crippen molar-refractivity contribution >= 4 is 33.4 Å². The molecule has 5 heteroatoms. The molecule has 2 rings (SSSR count). The third kappa shape index (κ3) is 1.27. The molecule has 1 heterocycles. The Balaban J connectivity index is 2.73. The van der Waals surface area contributed by atoms with E-state index in [1.165, 1.54) is 23.5 Å². The van der Waals surface area contributed by atoms with Crippen LogP contribution in [0.3, 0.4) is 0 Å². The molecule has 0 bridgehead atoms. The number of aldehydes is 1. The second-order valence-electron chi connectivity index (χ2n) is 2.75. The SMILES string of the molecule is O=Cc1csc2ccc([N+](=O)[O-])cc12. The first-order valence-corrected chi connectivity index (χ1v) is 4.71. The maximum Gasteiger partial charge on any atom is 0.270 e. The first kappa shape index (κ1) is 8.83. The van der Waals surface area contributed by atoms with Gasteiger partial charge in [0.25, 0.3) is 5.69 Å². The molecule has 0 aliphatic rings. The van der Waals surface area contributed by atoms with E-state index in [0.717, 1.165) is 4.70 Å². The van der Waals surface area contributed by atoms with Crippen molar-refractivity contribution in [3.8, 4) is 0 Å². The van der Waals surface area contributed by atoms with Crippen LogP contribution in [-0.2, 0) is 0 Å². The molecule has 70 valence electrons. The molecule has 0 amide bonds. The summed E-state index contributed by atoms with van der Waals surface area (Å²) in [7, 11) is 0. The van der Waals surface area contributed by atoms with Crippen LogP contribution in [-0.4, -0.2) is 11.2 Å². The smallest absolute Gasteiger partial charge is 0.270 e. The van der Waals surface area contributed by atoms with Gasteiger partial charge >= 0.3 is 0 Å². The standard InChI is InChI=1S/C9H5NO3S/c11-4-6-5-14-9-2-1-7(10(12)13)3-8(6)9/h1-5H. The Kier molecular flexibility index (Phi) is 2.01. The summed E-state index contributed by atoms with van der Waals surface area (Å²) in [5, 5.41) is 12.8. The molecule has 0 aliphatic carbocycles. The Bertz CT molecular complexity index is 518. The molecule has 0 spiro atoms. The first-order valence-electron chi connectivity index (χ1n) is 3.83. The van der Waals surface area contributed by atoms with Crippen molar-refractivity contribution in [1.29, 1.82) is 0 Å². The second-order valence-corrected chi connectivity index (χ2v) is 3.66. The molecule has 0 aliphatic heterocycles. The van der Waals surface area contributed by atoms with Gasteiger partial charge in [-0.1, -0.05) is 0 Å². The lowest BCUT2D eigenvalue weighted by atomic mass is 10.2. The van der Waals surface area contributed by atoms with Gasteiger partial charge in [-0.05, 0) is 6.07 Å². The summed E-state index contributed by atoms with van der Waals surface area (Å²) >= 11 is 1.41. The summed E-state index contributed by atoms with van der Waals surface area (Å²) < 4.78 is 0.887. The summed E-state index contributed by atoms with van der Waals surface area (Å²) in [5.74, 6) is 0. The predicted octanol–water partition coefficient (Wildman–Crippen LogP) is 2.62. The first-order chi connectivity index (χ1) is 6.72. The molecule has 0 atom stereocenters. The molecular formula is C9H5NO3S. The van der Waals surface area contributed by atoms with Crippen LogP contribution < -0.4 is 0 Å². The summed E-state index contributed by atoms with van der Waals surface area (Å²) in [6.07, 6.45) is 0.711. The van der Waals surface area contributed by atoms with Crippen molar-refractivity contribution in [3.63, 3.8) is 0 Å². The average Bonchev–Trinajstić information content (AvgIpc) is 2.59. The number of carbonyl (C=O) groups excluding carboxylic acids is 1. The lowest BCUT2D eigenvalue weighted by molar-refractivity contribution is -0.384. The van der Waals surface area contributed by atoms with Crippen molar-refractivity contribution in [2.45, 2.75) is 0 Å². The van der Waals surface area contributed by atoms with Crippen LogP contribution in [0.4, 0.5) is 5.69 Å². The van der Waals surface area contributed by atoms with Gasteiger partial charge in [0.2, 0.25) is 0 Å². The van der Waals surface area contributed by atoms with Crippen LogP contribution in [0.25, 0.3) is 10.1 Å². The molecule has 1 aromatic heterocycles. The van der Waals surface area contributed by atoms with Crippen LogP contribution >= 0.6 is 11.3 Å². The van der Waals surface area contributed by atoms with Crippen molar-refractivity contribution in [2.24, 2.45) is 0 Å². The zero-order valence-corrected chi connectivity index (χ0v) is 7.78. The minimum atomic E-state index is -0.467. The highest BCUT2D eigenvalue weighted by atomic mass is 32.1. The van der Waals surface area contributed by atoms with Crippen LogP contribution in [0, 0.1) is 10.1 Å². The van der Waals surface area contributed by atoms with Crippen molar-refractivity contribution in [2.75, 3.05) is 0 Å². The van der Waals surface area contributed by atoms with E-state index in [4.69, 9.17) is 0 Å². The lowest BCUT2D eigenvalue weighted by Crippen LogP contribution is -1.86. The Morgan fingerprint density at radius 2 is 2.21 bits per heavy atom. The van der Waals surface area contributed by atoms with Gasteiger partial charge in [0, 0.05) is 33.2 Å². The normalized spacial score (nSPS) is 10.3. The maximum atomic E-state index is 10.6. The van der Waals surface area contributed by atoms with Crippen molar-refractivity contribution in [3.05, 3.63) is 39.3 Å². The van der Waals surface area contributed by atoms with Crippen molar-refractivity contribution in [1.82, 2.24) is 0 Å². The number of fused-ring (bicyclic) bond motifs is 1. The fourth-order valence-corrected chi connectivity index (χ4v) is 2.13. The van der Waals surface area contributed by atoms with Crippen LogP contribution in [0.15, 0.2) is 23.6 Å². The van der Waals surface area contributed by atoms with Crippen LogP contribution in [0.1, 0.15) is 10.4 Å². The van der Waals surface area contributed by atoms with E-state index in [-0.39, 0.29) is 5.69 Å². The zero-order valence-electron chi connectivity index (χ0n) is 6.97. The summed E-state index contributed by atoms with van der Waals surface area (Å²) in [6, 6.07) is 4.52. The summed E-state index contributed by atoms with van der Waals surface area (Å²) in [6.45, 7) is 0. The Hall–Kier alpha value is -1.75. The van der Waals surface area contributed by atoms with Gasteiger partial charge in [0.1, 0.15) is 0 Å². The second kappa shape index (κ2) is 3.19. The Morgan fingerprint density at radius 1 is 1.43 bits per heavy atom.